The van der Waals surface area contributed by atoms with Gasteiger partial charge in [0, 0.05) is 13.1 Å². The minimum atomic E-state index is -0.619. The second kappa shape index (κ2) is 7.96. The Morgan fingerprint density at radius 2 is 2.10 bits per heavy atom. The second-order valence-electron chi connectivity index (χ2n) is 4.00. The Morgan fingerprint density at radius 3 is 2.70 bits per heavy atom. The number of aliphatic hydroxyl groups excluding tert-OH is 1. The Morgan fingerprint density at radius 1 is 1.40 bits per heavy atom. The van der Waals surface area contributed by atoms with Crippen LogP contribution in [0.1, 0.15) is 10.4 Å². The average molecular weight is 278 g/mol. The van der Waals surface area contributed by atoms with E-state index in [-0.39, 0.29) is 37.0 Å². The number of para-hydroxylation sites is 1. The number of amides is 2. The highest BCUT2D eigenvalue weighted by Gasteiger charge is 2.14. The summed E-state index contributed by atoms with van der Waals surface area (Å²) in [6.07, 6.45) is 1.56. The third kappa shape index (κ3) is 4.40. The van der Waals surface area contributed by atoms with E-state index in [0.717, 1.165) is 0 Å². The maximum absolute atomic E-state index is 11.9. The van der Waals surface area contributed by atoms with Crippen LogP contribution in [0.15, 0.2) is 36.9 Å². The highest BCUT2D eigenvalue weighted by molar-refractivity contribution is 5.95. The molecule has 0 aliphatic carbocycles. The van der Waals surface area contributed by atoms with Crippen molar-refractivity contribution >= 4 is 11.8 Å². The van der Waals surface area contributed by atoms with Gasteiger partial charge < -0.3 is 20.5 Å². The molecule has 0 unspecified atom stereocenters. The topological polar surface area (TPSA) is 92.9 Å². The monoisotopic (exact) mass is 278 g/mol. The standard InChI is InChI=1S/C14H18N2O4/c1-2-7-16(8-9-17)13(18)10-20-12-6-4-3-5-11(12)14(15)19/h2-6,17H,1,7-10H2,(H2,15,19). The van der Waals surface area contributed by atoms with Crippen LogP contribution in [0.4, 0.5) is 0 Å². The van der Waals surface area contributed by atoms with Crippen LogP contribution >= 0.6 is 0 Å². The van der Waals surface area contributed by atoms with Crippen LogP contribution in [0.5, 0.6) is 5.75 Å². The van der Waals surface area contributed by atoms with Gasteiger partial charge in [-0.2, -0.15) is 0 Å². The first-order chi connectivity index (χ1) is 9.60. The third-order valence-electron chi connectivity index (χ3n) is 2.58. The van der Waals surface area contributed by atoms with Crippen LogP contribution in [0.25, 0.3) is 0 Å². The molecule has 0 atom stereocenters. The molecular weight excluding hydrogens is 260 g/mol. The van der Waals surface area contributed by atoms with Crippen LogP contribution in [0.2, 0.25) is 0 Å². The molecule has 6 nitrogen and oxygen atoms in total. The molecule has 1 aromatic rings. The highest BCUT2D eigenvalue weighted by atomic mass is 16.5. The van der Waals surface area contributed by atoms with Gasteiger partial charge in [0.05, 0.1) is 12.2 Å². The minimum absolute atomic E-state index is 0.141. The van der Waals surface area contributed by atoms with E-state index in [4.69, 9.17) is 15.6 Å². The molecule has 108 valence electrons. The van der Waals surface area contributed by atoms with Crippen molar-refractivity contribution in [2.24, 2.45) is 5.73 Å². The summed E-state index contributed by atoms with van der Waals surface area (Å²) in [5.74, 6) is -0.666. The Labute approximate surface area is 117 Å². The summed E-state index contributed by atoms with van der Waals surface area (Å²) in [5.41, 5.74) is 5.44. The molecule has 0 bridgehead atoms. The fourth-order valence-corrected chi connectivity index (χ4v) is 1.62. The van der Waals surface area contributed by atoms with Crippen molar-refractivity contribution in [3.63, 3.8) is 0 Å². The zero-order valence-electron chi connectivity index (χ0n) is 11.1. The fraction of sp³-hybridized carbons (Fsp3) is 0.286. The van der Waals surface area contributed by atoms with Gasteiger partial charge in [0.15, 0.2) is 6.61 Å². The van der Waals surface area contributed by atoms with Crippen molar-refractivity contribution < 1.29 is 19.4 Å². The number of carbonyl (C=O) groups is 2. The van der Waals surface area contributed by atoms with Gasteiger partial charge in [0.1, 0.15) is 5.75 Å². The molecule has 0 fully saturated rings. The van der Waals surface area contributed by atoms with Gasteiger partial charge in [-0.1, -0.05) is 18.2 Å². The molecule has 3 N–H and O–H groups in total. The van der Waals surface area contributed by atoms with Gasteiger partial charge in [0.25, 0.3) is 11.8 Å². The van der Waals surface area contributed by atoms with E-state index >= 15 is 0 Å². The first kappa shape index (κ1) is 15.7. The predicted octanol–water partition coefficient (Wildman–Crippen LogP) is 0.171. The summed E-state index contributed by atoms with van der Waals surface area (Å²) < 4.78 is 5.33. The number of benzene rings is 1. The molecule has 2 amide bonds. The lowest BCUT2D eigenvalue weighted by molar-refractivity contribution is -0.133. The van der Waals surface area contributed by atoms with Gasteiger partial charge in [0.2, 0.25) is 0 Å². The molecule has 1 aromatic carbocycles. The Balaban J connectivity index is 2.68. The van der Waals surface area contributed by atoms with E-state index in [2.05, 4.69) is 6.58 Å². The fourth-order valence-electron chi connectivity index (χ4n) is 1.62. The summed E-state index contributed by atoms with van der Waals surface area (Å²) >= 11 is 0. The highest BCUT2D eigenvalue weighted by Crippen LogP contribution is 2.17. The van der Waals surface area contributed by atoms with Crippen molar-refractivity contribution in [3.05, 3.63) is 42.5 Å². The Bertz CT molecular complexity index is 488. The number of nitrogens with zero attached hydrogens (tertiary/aromatic N) is 1. The first-order valence-corrected chi connectivity index (χ1v) is 6.11. The molecule has 20 heavy (non-hydrogen) atoms. The number of hydrogen-bond acceptors (Lipinski definition) is 4. The normalized spacial score (nSPS) is 9.85. The Kier molecular flexibility index (Phi) is 6.25. The average Bonchev–Trinajstić information content (AvgIpc) is 2.44. The number of rotatable bonds is 8. The smallest absolute Gasteiger partial charge is 0.260 e. The minimum Gasteiger partial charge on any atom is -0.483 e. The molecule has 0 saturated carbocycles. The van der Waals surface area contributed by atoms with E-state index in [0.29, 0.717) is 6.54 Å². The van der Waals surface area contributed by atoms with Crippen LogP contribution in [-0.2, 0) is 4.79 Å². The molecule has 0 aliphatic rings. The van der Waals surface area contributed by atoms with Crippen molar-refractivity contribution in [1.82, 2.24) is 4.90 Å². The maximum Gasteiger partial charge on any atom is 0.260 e. The van der Waals surface area contributed by atoms with Crippen LogP contribution in [0.3, 0.4) is 0 Å². The van der Waals surface area contributed by atoms with E-state index in [1.165, 1.54) is 11.0 Å². The van der Waals surface area contributed by atoms with Gasteiger partial charge >= 0.3 is 0 Å². The van der Waals surface area contributed by atoms with Gasteiger partial charge in [-0.25, -0.2) is 0 Å². The summed E-state index contributed by atoms with van der Waals surface area (Å²) in [7, 11) is 0. The van der Waals surface area contributed by atoms with E-state index in [9.17, 15) is 9.59 Å². The number of hydrogen-bond donors (Lipinski definition) is 2. The lowest BCUT2D eigenvalue weighted by Crippen LogP contribution is -2.37. The number of primary amides is 1. The molecule has 0 spiro atoms. The second-order valence-corrected chi connectivity index (χ2v) is 4.00. The zero-order chi connectivity index (χ0) is 15.0. The van der Waals surface area contributed by atoms with Crippen molar-refractivity contribution in [2.45, 2.75) is 0 Å². The lowest BCUT2D eigenvalue weighted by atomic mass is 10.2. The molecule has 0 aliphatic heterocycles. The van der Waals surface area contributed by atoms with Crippen molar-refractivity contribution in [3.8, 4) is 5.75 Å². The molecule has 0 saturated heterocycles. The molecule has 0 heterocycles. The zero-order valence-corrected chi connectivity index (χ0v) is 11.1. The SMILES string of the molecule is C=CCN(CCO)C(=O)COc1ccccc1C(N)=O. The number of carbonyl (C=O) groups excluding carboxylic acids is 2. The summed E-state index contributed by atoms with van der Waals surface area (Å²) in [6, 6.07) is 6.43. The number of aliphatic hydroxyl groups is 1. The van der Waals surface area contributed by atoms with E-state index < -0.39 is 5.91 Å². The first-order valence-electron chi connectivity index (χ1n) is 6.11. The predicted molar refractivity (Wildman–Crippen MR) is 74.3 cm³/mol. The molecular formula is C14H18N2O4. The van der Waals surface area contributed by atoms with Crippen molar-refractivity contribution in [2.75, 3.05) is 26.3 Å². The quantitative estimate of drug-likeness (QED) is 0.663. The van der Waals surface area contributed by atoms with Gasteiger partial charge in [-0.3, -0.25) is 9.59 Å². The van der Waals surface area contributed by atoms with Crippen LogP contribution in [0, 0.1) is 0 Å². The van der Waals surface area contributed by atoms with Gasteiger partial charge in [-0.05, 0) is 12.1 Å². The maximum atomic E-state index is 11.9. The lowest BCUT2D eigenvalue weighted by Gasteiger charge is -2.20. The van der Waals surface area contributed by atoms with Crippen LogP contribution in [-0.4, -0.2) is 48.1 Å². The molecule has 0 radical (unpaired) electrons. The summed E-state index contributed by atoms with van der Waals surface area (Å²) in [5, 5.41) is 8.88. The molecule has 6 heteroatoms. The van der Waals surface area contributed by atoms with E-state index in [1.807, 2.05) is 0 Å². The number of nitrogens with two attached hydrogens (primary N) is 1. The summed E-state index contributed by atoms with van der Waals surface area (Å²) in [6.45, 7) is 3.68. The largest absolute Gasteiger partial charge is 0.483 e. The van der Waals surface area contributed by atoms with Crippen molar-refractivity contribution in [1.29, 1.82) is 0 Å². The summed E-state index contributed by atoms with van der Waals surface area (Å²) in [4.78, 5) is 24.5. The third-order valence-corrected chi connectivity index (χ3v) is 2.58. The Hall–Kier alpha value is -2.34. The molecule has 0 aromatic heterocycles. The molecule has 1 rings (SSSR count). The van der Waals surface area contributed by atoms with E-state index in [1.54, 1.807) is 24.3 Å². The van der Waals surface area contributed by atoms with Crippen LogP contribution < -0.4 is 10.5 Å². The van der Waals surface area contributed by atoms with Gasteiger partial charge in [-0.15, -0.1) is 6.58 Å². The number of ether oxygens (including phenoxy) is 1.